The maximum atomic E-state index is 12.2. The Morgan fingerprint density at radius 3 is 2.00 bits per heavy atom. The largest absolute Gasteiger partial charge is 0.426 e. The zero-order valence-electron chi connectivity index (χ0n) is 11.6. The Bertz CT molecular complexity index is 461. The lowest BCUT2D eigenvalue weighted by molar-refractivity contribution is -0.832. The van der Waals surface area contributed by atoms with Crippen LogP contribution in [0.2, 0.25) is 0 Å². The summed E-state index contributed by atoms with van der Waals surface area (Å²) in [6.45, 7) is 2.24. The lowest BCUT2D eigenvalue weighted by Crippen LogP contribution is -2.69. The molecule has 2 heterocycles. The Kier molecular flexibility index (Phi) is 4.25. The number of quaternary nitrogens is 1. The molecule has 6 heteroatoms. The predicted molar refractivity (Wildman–Crippen MR) is 69.8 cm³/mol. The van der Waals surface area contributed by atoms with Crippen molar-refractivity contribution in [2.24, 2.45) is 0 Å². The van der Waals surface area contributed by atoms with E-state index in [1.807, 2.05) is 0 Å². The highest BCUT2D eigenvalue weighted by molar-refractivity contribution is 6.11. The van der Waals surface area contributed by atoms with E-state index in [-0.39, 0.29) is 19.4 Å². The molecule has 1 saturated heterocycles. The van der Waals surface area contributed by atoms with Gasteiger partial charge in [-0.25, -0.2) is 19.2 Å². The first-order valence-electron chi connectivity index (χ1n) is 7.05. The number of unbranched alkanes of at least 4 members (excludes halogenated alkanes) is 3. The Labute approximate surface area is 117 Å². The fourth-order valence-corrected chi connectivity index (χ4v) is 2.73. The van der Waals surface area contributed by atoms with Crippen LogP contribution in [0.25, 0.3) is 0 Å². The van der Waals surface area contributed by atoms with Crippen molar-refractivity contribution in [2.45, 2.75) is 45.4 Å². The van der Waals surface area contributed by atoms with E-state index in [0.717, 1.165) is 24.3 Å². The van der Waals surface area contributed by atoms with Crippen LogP contribution in [0.5, 0.6) is 0 Å². The Balaban J connectivity index is 2.25. The molecule has 0 atom stereocenters. The fourth-order valence-electron chi connectivity index (χ4n) is 2.73. The molecule has 0 aromatic heterocycles. The van der Waals surface area contributed by atoms with Crippen LogP contribution in [0, 0.1) is 0 Å². The van der Waals surface area contributed by atoms with Crippen molar-refractivity contribution in [1.82, 2.24) is 5.01 Å². The van der Waals surface area contributed by atoms with Gasteiger partial charge in [0.1, 0.15) is 6.54 Å². The van der Waals surface area contributed by atoms with Gasteiger partial charge >= 0.3 is 23.6 Å². The van der Waals surface area contributed by atoms with Gasteiger partial charge < -0.3 is 0 Å². The highest BCUT2D eigenvalue weighted by atomic mass is 16.2. The number of nitrogens with zero attached hydrogens (tertiary/aromatic N) is 2. The Hall–Kier alpha value is -1.66. The van der Waals surface area contributed by atoms with Crippen LogP contribution < -0.4 is 5.01 Å². The van der Waals surface area contributed by atoms with Crippen molar-refractivity contribution in [2.75, 3.05) is 6.54 Å². The summed E-state index contributed by atoms with van der Waals surface area (Å²) >= 11 is 0. The standard InChI is InChI=1S/C14H19N2O4/c1-2-3-4-5-10-16(13(19)8-9-14(16)20)15-11(17)6-7-12(15)18/h8-9H,2-7,10H2,1H3/q+2. The van der Waals surface area contributed by atoms with Gasteiger partial charge in [-0.1, -0.05) is 19.8 Å². The second-order valence-electron chi connectivity index (χ2n) is 5.16. The predicted octanol–water partition coefficient (Wildman–Crippen LogP) is 0.909. The average Bonchev–Trinajstić information content (AvgIpc) is 2.89. The van der Waals surface area contributed by atoms with Crippen molar-refractivity contribution in [3.05, 3.63) is 12.2 Å². The third kappa shape index (κ3) is 2.25. The molecule has 6 nitrogen and oxygen atoms in total. The molecule has 0 N–H and O–H groups in total. The second kappa shape index (κ2) is 5.76. The van der Waals surface area contributed by atoms with Gasteiger partial charge in [-0.05, 0) is 6.42 Å². The molecule has 2 aliphatic heterocycles. The minimum absolute atomic E-state index is 0.0777. The molecule has 1 radical (unpaired) electrons. The monoisotopic (exact) mass is 279 g/mol. The molecule has 0 unspecified atom stereocenters. The number of rotatable bonds is 6. The van der Waals surface area contributed by atoms with Gasteiger partial charge in [0, 0.05) is 11.0 Å². The highest BCUT2D eigenvalue weighted by Crippen LogP contribution is 2.26. The molecule has 0 aliphatic carbocycles. The maximum absolute atomic E-state index is 12.2. The van der Waals surface area contributed by atoms with E-state index < -0.39 is 28.2 Å². The smallest absolute Gasteiger partial charge is 0.220 e. The molecule has 4 amide bonds. The van der Waals surface area contributed by atoms with Crippen molar-refractivity contribution in [3.8, 4) is 0 Å². The molecule has 0 aromatic rings. The van der Waals surface area contributed by atoms with Crippen LogP contribution in [-0.2, 0) is 19.2 Å². The normalized spacial score (nSPS) is 22.2. The van der Waals surface area contributed by atoms with Gasteiger partial charge in [0.25, 0.3) is 0 Å². The minimum Gasteiger partial charge on any atom is -0.220 e. The third-order valence-electron chi connectivity index (χ3n) is 3.80. The molecule has 0 aromatic carbocycles. The number of carbonyl (C=O) groups excluding carboxylic acids is 4. The average molecular weight is 279 g/mol. The van der Waals surface area contributed by atoms with Crippen LogP contribution in [0.15, 0.2) is 12.2 Å². The van der Waals surface area contributed by atoms with Crippen LogP contribution >= 0.6 is 0 Å². The minimum atomic E-state index is -0.776. The van der Waals surface area contributed by atoms with Crippen LogP contribution in [0.4, 0.5) is 0 Å². The molecule has 2 rings (SSSR count). The summed E-state index contributed by atoms with van der Waals surface area (Å²) in [7, 11) is 0. The van der Waals surface area contributed by atoms with E-state index in [4.69, 9.17) is 0 Å². The van der Waals surface area contributed by atoms with Gasteiger partial charge in [-0.2, -0.15) is 0 Å². The molecular weight excluding hydrogens is 260 g/mol. The molecule has 0 spiro atoms. The SMILES string of the molecule is CCCCCC[N+]1([N+]2C(=O)CCC2=O)C(=O)C=CC1=O. The molecule has 1 fully saturated rings. The third-order valence-corrected chi connectivity index (χ3v) is 3.80. The zero-order chi connectivity index (χ0) is 14.8. The van der Waals surface area contributed by atoms with Crippen LogP contribution in [-0.4, -0.2) is 34.8 Å². The van der Waals surface area contributed by atoms with Crippen molar-refractivity contribution in [1.29, 1.82) is 0 Å². The van der Waals surface area contributed by atoms with Gasteiger partial charge in [0.15, 0.2) is 5.01 Å². The topological polar surface area (TPSA) is 74.2 Å². The van der Waals surface area contributed by atoms with E-state index in [0.29, 0.717) is 6.42 Å². The number of imide groups is 2. The number of amides is 4. The molecular formula is C14H19N2O4+2. The maximum Gasteiger partial charge on any atom is 0.426 e. The van der Waals surface area contributed by atoms with Crippen molar-refractivity contribution in [3.63, 3.8) is 0 Å². The van der Waals surface area contributed by atoms with E-state index in [1.54, 1.807) is 0 Å². The quantitative estimate of drug-likeness (QED) is 0.313. The van der Waals surface area contributed by atoms with E-state index in [2.05, 4.69) is 6.92 Å². The Morgan fingerprint density at radius 1 is 0.950 bits per heavy atom. The lowest BCUT2D eigenvalue weighted by Gasteiger charge is -2.22. The Morgan fingerprint density at radius 2 is 1.50 bits per heavy atom. The first-order valence-corrected chi connectivity index (χ1v) is 7.05. The summed E-state index contributed by atoms with van der Waals surface area (Å²) in [6.07, 6.45) is 6.02. The molecule has 107 valence electrons. The summed E-state index contributed by atoms with van der Waals surface area (Å²) in [5, 5.41) is 0.872. The van der Waals surface area contributed by atoms with Crippen molar-refractivity contribution < 1.29 is 23.8 Å². The molecule has 0 saturated carbocycles. The first-order chi connectivity index (χ1) is 9.54. The number of hydrogen-bond donors (Lipinski definition) is 0. The summed E-state index contributed by atoms with van der Waals surface area (Å²) in [5.41, 5.74) is 0. The number of carbonyl (C=O) groups is 4. The van der Waals surface area contributed by atoms with E-state index >= 15 is 0 Å². The van der Waals surface area contributed by atoms with Crippen molar-refractivity contribution >= 4 is 23.6 Å². The molecule has 20 heavy (non-hydrogen) atoms. The second-order valence-corrected chi connectivity index (χ2v) is 5.16. The summed E-state index contributed by atoms with van der Waals surface area (Å²) in [5.74, 6) is -1.85. The van der Waals surface area contributed by atoms with Gasteiger partial charge in [0.05, 0.1) is 25.0 Å². The van der Waals surface area contributed by atoms with E-state index in [1.165, 1.54) is 12.2 Å². The zero-order valence-corrected chi connectivity index (χ0v) is 11.6. The lowest BCUT2D eigenvalue weighted by atomic mass is 10.2. The van der Waals surface area contributed by atoms with Crippen LogP contribution in [0.1, 0.15) is 45.4 Å². The van der Waals surface area contributed by atoms with Gasteiger partial charge in [0.2, 0.25) is 0 Å². The summed E-state index contributed by atoms with van der Waals surface area (Å²) < 4.78 is -0.776. The summed E-state index contributed by atoms with van der Waals surface area (Å²) in [4.78, 5) is 48.2. The van der Waals surface area contributed by atoms with Crippen LogP contribution in [0.3, 0.4) is 0 Å². The number of hydrogen-bond acceptors (Lipinski definition) is 4. The molecule has 0 bridgehead atoms. The molecule has 2 aliphatic rings. The van der Waals surface area contributed by atoms with E-state index in [9.17, 15) is 19.2 Å². The summed E-state index contributed by atoms with van der Waals surface area (Å²) in [6, 6.07) is 0. The first kappa shape index (κ1) is 14.7. The highest BCUT2D eigenvalue weighted by Gasteiger charge is 2.68. The van der Waals surface area contributed by atoms with Gasteiger partial charge in [-0.15, -0.1) is 0 Å². The fraction of sp³-hybridized carbons (Fsp3) is 0.571. The van der Waals surface area contributed by atoms with Gasteiger partial charge in [-0.3, -0.25) is 0 Å².